The summed E-state index contributed by atoms with van der Waals surface area (Å²) in [5.74, 6) is 0.572. The first-order chi connectivity index (χ1) is 9.83. The van der Waals surface area contributed by atoms with Gasteiger partial charge in [-0.05, 0) is 34.5 Å². The van der Waals surface area contributed by atoms with Crippen LogP contribution >= 0.6 is 11.3 Å². The number of hydrogen-bond donors (Lipinski definition) is 1. The molecule has 0 unspecified atom stereocenters. The van der Waals surface area contributed by atoms with Crippen molar-refractivity contribution in [3.63, 3.8) is 0 Å². The second-order valence-electron chi connectivity index (χ2n) is 4.33. The Morgan fingerprint density at radius 1 is 1.20 bits per heavy atom. The zero-order valence-electron chi connectivity index (χ0n) is 10.7. The molecule has 0 aliphatic heterocycles. The Morgan fingerprint density at radius 2 is 2.05 bits per heavy atom. The molecule has 4 nitrogen and oxygen atoms in total. The normalized spacial score (nSPS) is 10.4. The van der Waals surface area contributed by atoms with Gasteiger partial charge in [0.2, 0.25) is 0 Å². The number of benzene rings is 1. The van der Waals surface area contributed by atoms with Crippen molar-refractivity contribution in [1.29, 1.82) is 0 Å². The lowest BCUT2D eigenvalue weighted by molar-refractivity contribution is 0.102. The monoisotopic (exact) mass is 283 g/mol. The Kier molecular flexibility index (Phi) is 3.60. The first kappa shape index (κ1) is 12.6. The maximum absolute atomic E-state index is 12.1. The van der Waals surface area contributed by atoms with Gasteiger partial charge in [-0.1, -0.05) is 18.2 Å². The van der Waals surface area contributed by atoms with Crippen LogP contribution in [0.2, 0.25) is 0 Å². The van der Waals surface area contributed by atoms with Gasteiger partial charge in [0.25, 0.3) is 5.91 Å². The fourth-order valence-corrected chi connectivity index (χ4v) is 2.56. The van der Waals surface area contributed by atoms with E-state index in [1.54, 1.807) is 40.4 Å². The van der Waals surface area contributed by atoms with Crippen LogP contribution in [0.4, 0.5) is 5.82 Å². The van der Waals surface area contributed by atoms with Gasteiger partial charge >= 0.3 is 0 Å². The summed E-state index contributed by atoms with van der Waals surface area (Å²) in [5, 5.41) is 11.2. The molecule has 0 atom stereocenters. The van der Waals surface area contributed by atoms with E-state index in [1.807, 2.05) is 23.6 Å². The molecule has 0 aliphatic rings. The van der Waals surface area contributed by atoms with Gasteiger partial charge in [0.15, 0.2) is 0 Å². The predicted octanol–water partition coefficient (Wildman–Crippen LogP) is 3.25. The standard InChI is InChI=1S/C15H13N3OS/c19-15(13-4-2-1-3-5-13)17-14-6-8-16-18(14)10-12-7-9-20-11-12/h1-9,11H,10H2,(H,17,19). The topological polar surface area (TPSA) is 46.9 Å². The molecule has 2 aromatic heterocycles. The maximum atomic E-state index is 12.1. The first-order valence-electron chi connectivity index (χ1n) is 6.22. The molecule has 0 saturated heterocycles. The molecule has 0 saturated carbocycles. The van der Waals surface area contributed by atoms with E-state index in [0.717, 1.165) is 0 Å². The molecule has 1 amide bonds. The third kappa shape index (κ3) is 2.78. The van der Waals surface area contributed by atoms with E-state index in [9.17, 15) is 4.79 Å². The van der Waals surface area contributed by atoms with Gasteiger partial charge in [-0.15, -0.1) is 0 Å². The van der Waals surface area contributed by atoms with E-state index in [0.29, 0.717) is 17.9 Å². The summed E-state index contributed by atoms with van der Waals surface area (Å²) in [7, 11) is 0. The molecule has 0 fully saturated rings. The summed E-state index contributed by atoms with van der Waals surface area (Å²) in [5.41, 5.74) is 1.81. The molecule has 0 spiro atoms. The molecule has 5 heteroatoms. The second-order valence-corrected chi connectivity index (χ2v) is 5.11. The minimum absolute atomic E-state index is 0.127. The number of carbonyl (C=O) groups excluding carboxylic acids is 1. The van der Waals surface area contributed by atoms with E-state index in [-0.39, 0.29) is 5.91 Å². The highest BCUT2D eigenvalue weighted by molar-refractivity contribution is 7.07. The summed E-state index contributed by atoms with van der Waals surface area (Å²) in [6, 6.07) is 13.0. The maximum Gasteiger partial charge on any atom is 0.256 e. The minimum Gasteiger partial charge on any atom is -0.307 e. The van der Waals surface area contributed by atoms with Gasteiger partial charge in [0.05, 0.1) is 12.7 Å². The first-order valence-corrected chi connectivity index (χ1v) is 7.16. The summed E-state index contributed by atoms with van der Waals surface area (Å²) in [6.45, 7) is 0.654. The quantitative estimate of drug-likeness (QED) is 0.799. The van der Waals surface area contributed by atoms with Crippen LogP contribution in [-0.2, 0) is 6.54 Å². The summed E-state index contributed by atoms with van der Waals surface area (Å²) in [6.07, 6.45) is 1.69. The van der Waals surface area contributed by atoms with Crippen LogP contribution in [0.25, 0.3) is 0 Å². The highest BCUT2D eigenvalue weighted by Crippen LogP contribution is 2.13. The van der Waals surface area contributed by atoms with Gasteiger partial charge < -0.3 is 5.32 Å². The van der Waals surface area contributed by atoms with Crippen LogP contribution < -0.4 is 5.32 Å². The predicted molar refractivity (Wildman–Crippen MR) is 80.0 cm³/mol. The van der Waals surface area contributed by atoms with Crippen LogP contribution in [0, 0.1) is 0 Å². The molecule has 20 heavy (non-hydrogen) atoms. The van der Waals surface area contributed by atoms with Crippen molar-refractivity contribution >= 4 is 23.1 Å². The fourth-order valence-electron chi connectivity index (χ4n) is 1.90. The summed E-state index contributed by atoms with van der Waals surface area (Å²) < 4.78 is 1.78. The van der Waals surface area contributed by atoms with E-state index in [2.05, 4.69) is 21.9 Å². The Balaban J connectivity index is 1.75. The van der Waals surface area contributed by atoms with Crippen molar-refractivity contribution in [1.82, 2.24) is 9.78 Å². The van der Waals surface area contributed by atoms with Crippen molar-refractivity contribution in [2.24, 2.45) is 0 Å². The Morgan fingerprint density at radius 3 is 2.80 bits per heavy atom. The number of hydrogen-bond acceptors (Lipinski definition) is 3. The number of aromatic nitrogens is 2. The van der Waals surface area contributed by atoms with Crippen molar-refractivity contribution in [2.45, 2.75) is 6.54 Å². The Labute approximate surface area is 120 Å². The summed E-state index contributed by atoms with van der Waals surface area (Å²) >= 11 is 1.65. The molecule has 100 valence electrons. The number of nitrogens with zero attached hydrogens (tertiary/aromatic N) is 2. The molecule has 1 N–H and O–H groups in total. The van der Waals surface area contributed by atoms with Gasteiger partial charge in [-0.25, -0.2) is 4.68 Å². The number of anilines is 1. The van der Waals surface area contributed by atoms with Gasteiger partial charge in [0.1, 0.15) is 5.82 Å². The van der Waals surface area contributed by atoms with Crippen LogP contribution in [0.15, 0.2) is 59.4 Å². The molecule has 0 aliphatic carbocycles. The van der Waals surface area contributed by atoms with Crippen LogP contribution in [0.3, 0.4) is 0 Å². The summed E-state index contributed by atoms with van der Waals surface area (Å²) in [4.78, 5) is 12.1. The minimum atomic E-state index is -0.127. The van der Waals surface area contributed by atoms with E-state index < -0.39 is 0 Å². The molecular weight excluding hydrogens is 270 g/mol. The molecule has 1 aromatic carbocycles. The molecule has 0 bridgehead atoms. The zero-order chi connectivity index (χ0) is 13.8. The number of amides is 1. The van der Waals surface area contributed by atoms with E-state index in [1.165, 1.54) is 5.56 Å². The third-order valence-corrected chi connectivity index (χ3v) is 3.64. The number of rotatable bonds is 4. The smallest absolute Gasteiger partial charge is 0.256 e. The van der Waals surface area contributed by atoms with Crippen LogP contribution in [-0.4, -0.2) is 15.7 Å². The van der Waals surface area contributed by atoms with Gasteiger partial charge in [0, 0.05) is 11.6 Å². The van der Waals surface area contributed by atoms with Crippen molar-refractivity contribution in [2.75, 3.05) is 5.32 Å². The number of carbonyl (C=O) groups is 1. The van der Waals surface area contributed by atoms with Gasteiger partial charge in [-0.2, -0.15) is 16.4 Å². The Hall–Kier alpha value is -2.40. The lowest BCUT2D eigenvalue weighted by Crippen LogP contribution is -2.15. The third-order valence-electron chi connectivity index (χ3n) is 2.91. The Bertz CT molecular complexity index is 689. The van der Waals surface area contributed by atoms with Crippen molar-refractivity contribution < 1.29 is 4.79 Å². The van der Waals surface area contributed by atoms with E-state index in [4.69, 9.17) is 0 Å². The lowest BCUT2D eigenvalue weighted by Gasteiger charge is -2.08. The average Bonchev–Trinajstić information content (AvgIpc) is 3.13. The van der Waals surface area contributed by atoms with Crippen molar-refractivity contribution in [3.05, 3.63) is 70.5 Å². The largest absolute Gasteiger partial charge is 0.307 e. The lowest BCUT2D eigenvalue weighted by atomic mass is 10.2. The fraction of sp³-hybridized carbons (Fsp3) is 0.0667. The molecule has 3 aromatic rings. The SMILES string of the molecule is O=C(Nc1ccnn1Cc1ccsc1)c1ccccc1. The highest BCUT2D eigenvalue weighted by Gasteiger charge is 2.09. The molecular formula is C15H13N3OS. The number of thiophene rings is 1. The van der Waals surface area contributed by atoms with Crippen LogP contribution in [0.5, 0.6) is 0 Å². The zero-order valence-corrected chi connectivity index (χ0v) is 11.5. The van der Waals surface area contributed by atoms with Crippen LogP contribution in [0.1, 0.15) is 15.9 Å². The van der Waals surface area contributed by atoms with Gasteiger partial charge in [-0.3, -0.25) is 4.79 Å². The van der Waals surface area contributed by atoms with E-state index >= 15 is 0 Å². The average molecular weight is 283 g/mol. The molecule has 0 radical (unpaired) electrons. The molecule has 2 heterocycles. The second kappa shape index (κ2) is 5.71. The molecule has 3 rings (SSSR count). The van der Waals surface area contributed by atoms with Crippen molar-refractivity contribution in [3.8, 4) is 0 Å². The number of nitrogens with one attached hydrogen (secondary N) is 1. The highest BCUT2D eigenvalue weighted by atomic mass is 32.1.